The molecular weight excluding hydrogens is 228 g/mol. The van der Waals surface area contributed by atoms with Gasteiger partial charge in [0, 0.05) is 13.0 Å². The Bertz CT molecular complexity index is 408. The molecule has 16 heavy (non-hydrogen) atoms. The normalized spacial score (nSPS) is 30.2. The molecule has 0 saturated carbocycles. The summed E-state index contributed by atoms with van der Waals surface area (Å²) in [7, 11) is -2.52. The molecule has 4 nitrogen and oxygen atoms in total. The molecule has 1 N–H and O–H groups in total. The minimum Gasteiger partial charge on any atom is -0.374 e. The third kappa shape index (κ3) is 2.72. The topological polar surface area (TPSA) is 63.6 Å². The first kappa shape index (κ1) is 13.4. The molecule has 5 heteroatoms. The minimum atomic E-state index is -4.12. The molecule has 0 saturated heterocycles. The first-order valence-corrected chi connectivity index (χ1v) is 6.71. The third-order valence-corrected chi connectivity index (χ3v) is 3.89. The standard InChI is InChI=1S/C11H18O4S/c1-4-5-9-8-10(16(12,13)14)6-7-11(9,2)15-3/h6-9H,4-5H2,1-3H3,(H,12,13,14). The second-order valence-electron chi connectivity index (χ2n) is 4.16. The van der Waals surface area contributed by atoms with Gasteiger partial charge in [0.05, 0.1) is 10.5 Å². The van der Waals surface area contributed by atoms with Crippen molar-refractivity contribution in [1.29, 1.82) is 0 Å². The molecule has 0 aromatic heterocycles. The monoisotopic (exact) mass is 246 g/mol. The van der Waals surface area contributed by atoms with E-state index in [0.29, 0.717) is 0 Å². The number of rotatable bonds is 4. The molecular formula is C11H18O4S. The quantitative estimate of drug-likeness (QED) is 0.772. The second kappa shape index (κ2) is 4.69. The van der Waals surface area contributed by atoms with Gasteiger partial charge in [0.2, 0.25) is 0 Å². The Labute approximate surface area is 96.7 Å². The van der Waals surface area contributed by atoms with Crippen LogP contribution in [0, 0.1) is 5.92 Å². The Balaban J connectivity index is 3.07. The number of hydrogen-bond donors (Lipinski definition) is 1. The molecule has 0 fully saturated rings. The molecule has 2 unspecified atom stereocenters. The predicted octanol–water partition coefficient (Wildman–Crippen LogP) is 2.15. The van der Waals surface area contributed by atoms with Gasteiger partial charge in [0.15, 0.2) is 0 Å². The van der Waals surface area contributed by atoms with Crippen molar-refractivity contribution in [2.45, 2.75) is 32.3 Å². The highest BCUT2D eigenvalue weighted by Crippen LogP contribution is 2.34. The fourth-order valence-corrected chi connectivity index (χ4v) is 2.44. The van der Waals surface area contributed by atoms with Crippen LogP contribution in [0.1, 0.15) is 26.7 Å². The zero-order valence-electron chi connectivity index (χ0n) is 9.80. The van der Waals surface area contributed by atoms with Gasteiger partial charge >= 0.3 is 0 Å². The van der Waals surface area contributed by atoms with E-state index in [-0.39, 0.29) is 10.8 Å². The van der Waals surface area contributed by atoms with E-state index >= 15 is 0 Å². The molecule has 0 heterocycles. The molecule has 0 bridgehead atoms. The Kier molecular flexibility index (Phi) is 3.93. The lowest BCUT2D eigenvalue weighted by Gasteiger charge is -2.34. The van der Waals surface area contributed by atoms with Crippen LogP contribution in [-0.4, -0.2) is 25.7 Å². The minimum absolute atomic E-state index is 0.0376. The Morgan fingerprint density at radius 2 is 2.19 bits per heavy atom. The summed E-state index contributed by atoms with van der Waals surface area (Å²) in [5.41, 5.74) is -0.496. The Morgan fingerprint density at radius 3 is 2.62 bits per heavy atom. The van der Waals surface area contributed by atoms with Gasteiger partial charge in [0.25, 0.3) is 10.1 Å². The number of ether oxygens (including phenoxy) is 1. The van der Waals surface area contributed by atoms with Gasteiger partial charge in [-0.3, -0.25) is 4.55 Å². The highest BCUT2D eigenvalue weighted by Gasteiger charge is 2.34. The van der Waals surface area contributed by atoms with Crippen molar-refractivity contribution >= 4 is 10.1 Å². The van der Waals surface area contributed by atoms with E-state index in [0.717, 1.165) is 12.8 Å². The molecule has 1 aliphatic carbocycles. The highest BCUT2D eigenvalue weighted by molar-refractivity contribution is 7.90. The van der Waals surface area contributed by atoms with Crippen LogP contribution in [0.15, 0.2) is 23.1 Å². The first-order chi connectivity index (χ1) is 7.33. The first-order valence-electron chi connectivity index (χ1n) is 5.27. The number of hydrogen-bond acceptors (Lipinski definition) is 3. The zero-order chi connectivity index (χ0) is 12.4. The van der Waals surface area contributed by atoms with Gasteiger partial charge in [0.1, 0.15) is 0 Å². The average molecular weight is 246 g/mol. The van der Waals surface area contributed by atoms with Gasteiger partial charge in [-0.2, -0.15) is 8.42 Å². The van der Waals surface area contributed by atoms with Gasteiger partial charge in [-0.15, -0.1) is 0 Å². The highest BCUT2D eigenvalue weighted by atomic mass is 32.2. The van der Waals surface area contributed by atoms with Crippen molar-refractivity contribution in [3.63, 3.8) is 0 Å². The van der Waals surface area contributed by atoms with Crippen molar-refractivity contribution in [3.8, 4) is 0 Å². The molecule has 1 rings (SSSR count). The van der Waals surface area contributed by atoms with Crippen LogP contribution in [0.25, 0.3) is 0 Å². The molecule has 0 aliphatic heterocycles. The van der Waals surface area contributed by atoms with Crippen LogP contribution in [-0.2, 0) is 14.9 Å². The summed E-state index contributed by atoms with van der Waals surface area (Å²) in [6.45, 7) is 3.93. The molecule has 2 atom stereocenters. The maximum Gasteiger partial charge on any atom is 0.294 e. The maximum atomic E-state index is 11.0. The fourth-order valence-electron chi connectivity index (χ4n) is 1.86. The molecule has 0 radical (unpaired) electrons. The fraction of sp³-hybridized carbons (Fsp3) is 0.636. The van der Waals surface area contributed by atoms with Crippen molar-refractivity contribution in [1.82, 2.24) is 0 Å². The molecule has 1 aliphatic rings. The molecule has 0 amide bonds. The smallest absolute Gasteiger partial charge is 0.294 e. The molecule has 0 aromatic carbocycles. The van der Waals surface area contributed by atoms with Gasteiger partial charge < -0.3 is 4.74 Å². The van der Waals surface area contributed by atoms with Gasteiger partial charge in [-0.25, -0.2) is 0 Å². The van der Waals surface area contributed by atoms with Crippen LogP contribution < -0.4 is 0 Å². The average Bonchev–Trinajstić information content (AvgIpc) is 2.20. The Morgan fingerprint density at radius 1 is 1.56 bits per heavy atom. The lowest BCUT2D eigenvalue weighted by Crippen LogP contribution is -2.36. The van der Waals surface area contributed by atoms with Crippen LogP contribution in [0.3, 0.4) is 0 Å². The summed E-state index contributed by atoms with van der Waals surface area (Å²) in [5.74, 6) is -0.0376. The summed E-state index contributed by atoms with van der Waals surface area (Å²) < 4.78 is 36.4. The predicted molar refractivity (Wildman–Crippen MR) is 62.6 cm³/mol. The molecule has 0 spiro atoms. The zero-order valence-corrected chi connectivity index (χ0v) is 10.6. The van der Waals surface area contributed by atoms with E-state index in [1.54, 1.807) is 19.3 Å². The van der Waals surface area contributed by atoms with Crippen LogP contribution >= 0.6 is 0 Å². The summed E-state index contributed by atoms with van der Waals surface area (Å²) in [5, 5.41) is 0. The van der Waals surface area contributed by atoms with Gasteiger partial charge in [-0.1, -0.05) is 25.5 Å². The second-order valence-corrected chi connectivity index (χ2v) is 5.58. The van der Waals surface area contributed by atoms with Gasteiger partial charge in [-0.05, 0) is 19.4 Å². The van der Waals surface area contributed by atoms with E-state index in [4.69, 9.17) is 9.29 Å². The van der Waals surface area contributed by atoms with E-state index in [9.17, 15) is 8.42 Å². The summed E-state index contributed by atoms with van der Waals surface area (Å²) in [6.07, 6.45) is 6.39. The van der Waals surface area contributed by atoms with Crippen LogP contribution in [0.5, 0.6) is 0 Å². The summed E-state index contributed by atoms with van der Waals surface area (Å²) in [4.78, 5) is -0.0412. The summed E-state index contributed by atoms with van der Waals surface area (Å²) >= 11 is 0. The maximum absolute atomic E-state index is 11.0. The van der Waals surface area contributed by atoms with Crippen molar-refractivity contribution in [3.05, 3.63) is 23.1 Å². The summed E-state index contributed by atoms with van der Waals surface area (Å²) in [6, 6.07) is 0. The number of methoxy groups -OCH3 is 1. The van der Waals surface area contributed by atoms with E-state index in [1.807, 2.05) is 13.8 Å². The van der Waals surface area contributed by atoms with E-state index in [2.05, 4.69) is 0 Å². The van der Waals surface area contributed by atoms with E-state index < -0.39 is 15.7 Å². The number of allylic oxidation sites excluding steroid dienone is 1. The Hall–Kier alpha value is -0.650. The molecule has 92 valence electrons. The SMILES string of the molecule is CCCC1C=C(S(=O)(=O)O)C=CC1(C)OC. The third-order valence-electron chi connectivity index (χ3n) is 3.02. The van der Waals surface area contributed by atoms with Crippen LogP contribution in [0.2, 0.25) is 0 Å². The van der Waals surface area contributed by atoms with Crippen molar-refractivity contribution < 1.29 is 17.7 Å². The lowest BCUT2D eigenvalue weighted by atomic mass is 9.82. The largest absolute Gasteiger partial charge is 0.374 e. The van der Waals surface area contributed by atoms with Crippen molar-refractivity contribution in [2.24, 2.45) is 5.92 Å². The molecule has 0 aromatic rings. The lowest BCUT2D eigenvalue weighted by molar-refractivity contribution is 0.00948. The van der Waals surface area contributed by atoms with Crippen LogP contribution in [0.4, 0.5) is 0 Å². The van der Waals surface area contributed by atoms with E-state index in [1.165, 1.54) is 6.08 Å². The van der Waals surface area contributed by atoms with Crippen molar-refractivity contribution in [2.75, 3.05) is 7.11 Å².